The zero-order valence-corrected chi connectivity index (χ0v) is 8.72. The van der Waals surface area contributed by atoms with Gasteiger partial charge in [-0.05, 0) is 11.6 Å². The molecule has 78 valence electrons. The van der Waals surface area contributed by atoms with Crippen molar-refractivity contribution >= 4 is 23.4 Å². The van der Waals surface area contributed by atoms with E-state index >= 15 is 0 Å². The molecule has 0 aliphatic carbocycles. The molecule has 0 spiro atoms. The average Bonchev–Trinajstić information content (AvgIpc) is 2.14. The Balaban J connectivity index is 2.67. The van der Waals surface area contributed by atoms with Crippen molar-refractivity contribution in [1.29, 1.82) is 0 Å². The van der Waals surface area contributed by atoms with E-state index in [2.05, 4.69) is 0 Å². The van der Waals surface area contributed by atoms with Gasteiger partial charge >= 0.3 is 6.18 Å². The third kappa shape index (κ3) is 3.80. The first-order chi connectivity index (χ1) is 6.53. The number of hydrogen-bond donors (Lipinski definition) is 0. The lowest BCUT2D eigenvalue weighted by molar-refractivity contribution is -0.105. The lowest BCUT2D eigenvalue weighted by Crippen LogP contribution is -2.10. The second kappa shape index (κ2) is 4.94. The fourth-order valence-electron chi connectivity index (χ4n) is 0.915. The molecule has 0 fully saturated rings. The van der Waals surface area contributed by atoms with Gasteiger partial charge in [0.1, 0.15) is 0 Å². The molecule has 0 nitrogen and oxygen atoms in total. The van der Waals surface area contributed by atoms with Gasteiger partial charge in [-0.15, -0.1) is 23.4 Å². The van der Waals surface area contributed by atoms with E-state index in [1.165, 1.54) is 0 Å². The number of benzene rings is 1. The zero-order valence-electron chi connectivity index (χ0n) is 7.14. The zero-order chi connectivity index (χ0) is 10.6. The van der Waals surface area contributed by atoms with E-state index in [0.29, 0.717) is 4.90 Å². The Bertz CT molecular complexity index is 298. The van der Waals surface area contributed by atoms with Gasteiger partial charge < -0.3 is 0 Å². The van der Waals surface area contributed by atoms with Gasteiger partial charge in [0.05, 0.1) is 5.75 Å². The summed E-state index contributed by atoms with van der Waals surface area (Å²) in [4.78, 5) is 0.597. The highest BCUT2D eigenvalue weighted by Crippen LogP contribution is 2.29. The summed E-state index contributed by atoms with van der Waals surface area (Å²) in [7, 11) is 0. The van der Waals surface area contributed by atoms with E-state index in [1.807, 2.05) is 0 Å². The molecule has 0 saturated heterocycles. The summed E-state index contributed by atoms with van der Waals surface area (Å²) in [6.45, 7) is 0. The summed E-state index contributed by atoms with van der Waals surface area (Å²) >= 11 is 6.36. The Kier molecular flexibility index (Phi) is 4.13. The van der Waals surface area contributed by atoms with Gasteiger partial charge in [0.15, 0.2) is 0 Å². The lowest BCUT2D eigenvalue weighted by Gasteiger charge is -2.08. The van der Waals surface area contributed by atoms with Crippen molar-refractivity contribution in [2.24, 2.45) is 0 Å². The maximum atomic E-state index is 11.9. The second-order valence-corrected chi connectivity index (χ2v) is 3.93. The molecule has 0 amide bonds. The van der Waals surface area contributed by atoms with Crippen molar-refractivity contribution in [3.8, 4) is 0 Å². The van der Waals surface area contributed by atoms with Gasteiger partial charge in [-0.1, -0.05) is 18.2 Å². The van der Waals surface area contributed by atoms with Crippen LogP contribution in [-0.2, 0) is 5.88 Å². The van der Waals surface area contributed by atoms with Crippen molar-refractivity contribution in [1.82, 2.24) is 0 Å². The van der Waals surface area contributed by atoms with E-state index in [9.17, 15) is 13.2 Å². The Morgan fingerprint density at radius 1 is 1.21 bits per heavy atom. The predicted molar refractivity (Wildman–Crippen MR) is 52.8 cm³/mol. The average molecular weight is 241 g/mol. The van der Waals surface area contributed by atoms with Gasteiger partial charge in [-0.2, -0.15) is 13.2 Å². The highest BCUT2D eigenvalue weighted by Gasteiger charge is 2.27. The molecule has 0 N–H and O–H groups in total. The Morgan fingerprint density at radius 2 is 1.86 bits per heavy atom. The summed E-state index contributed by atoms with van der Waals surface area (Å²) < 4.78 is 35.8. The molecule has 0 aromatic heterocycles. The van der Waals surface area contributed by atoms with Crippen LogP contribution in [-0.4, -0.2) is 11.9 Å². The number of thioether (sulfide) groups is 1. The van der Waals surface area contributed by atoms with E-state index in [4.69, 9.17) is 11.6 Å². The summed E-state index contributed by atoms with van der Waals surface area (Å²) in [5, 5.41) is 0. The van der Waals surface area contributed by atoms with Crippen LogP contribution in [0.25, 0.3) is 0 Å². The van der Waals surface area contributed by atoms with Gasteiger partial charge in [-0.3, -0.25) is 0 Å². The van der Waals surface area contributed by atoms with Crippen LogP contribution in [0.2, 0.25) is 0 Å². The number of rotatable bonds is 3. The van der Waals surface area contributed by atoms with Crippen molar-refractivity contribution in [2.45, 2.75) is 17.0 Å². The number of alkyl halides is 4. The summed E-state index contributed by atoms with van der Waals surface area (Å²) in [5.41, 5.74) is 0.739. The first-order valence-corrected chi connectivity index (χ1v) is 5.38. The Hall–Kier alpha value is -0.350. The fraction of sp³-hybridized carbons (Fsp3) is 0.333. The highest BCUT2D eigenvalue weighted by atomic mass is 35.5. The van der Waals surface area contributed by atoms with Crippen LogP contribution in [0.15, 0.2) is 29.2 Å². The quantitative estimate of drug-likeness (QED) is 0.567. The molecule has 0 atom stereocenters. The molecule has 5 heteroatoms. The Labute approximate surface area is 89.4 Å². The van der Waals surface area contributed by atoms with Crippen LogP contribution >= 0.6 is 23.4 Å². The molecule has 0 aliphatic heterocycles. The molecule has 0 aliphatic rings. The van der Waals surface area contributed by atoms with Crippen LogP contribution in [0.3, 0.4) is 0 Å². The first-order valence-electron chi connectivity index (χ1n) is 3.86. The van der Waals surface area contributed by atoms with E-state index in [0.717, 1.165) is 17.3 Å². The largest absolute Gasteiger partial charge is 0.398 e. The van der Waals surface area contributed by atoms with Gasteiger partial charge in [0, 0.05) is 10.8 Å². The van der Waals surface area contributed by atoms with E-state index in [-0.39, 0.29) is 5.88 Å². The first kappa shape index (κ1) is 11.7. The molecule has 0 radical (unpaired) electrons. The lowest BCUT2D eigenvalue weighted by atomic mass is 10.2. The van der Waals surface area contributed by atoms with Gasteiger partial charge in [0.2, 0.25) is 0 Å². The fourth-order valence-corrected chi connectivity index (χ4v) is 2.05. The normalized spacial score (nSPS) is 11.7. The summed E-state index contributed by atoms with van der Waals surface area (Å²) in [6.07, 6.45) is -4.13. The summed E-state index contributed by atoms with van der Waals surface area (Å²) in [5.74, 6) is -0.637. The van der Waals surface area contributed by atoms with Crippen LogP contribution in [0.5, 0.6) is 0 Å². The van der Waals surface area contributed by atoms with Crippen molar-refractivity contribution in [2.75, 3.05) is 5.75 Å². The molecule has 0 bridgehead atoms. The third-order valence-corrected chi connectivity index (χ3v) is 2.98. The molecule has 1 rings (SSSR count). The van der Waals surface area contributed by atoms with Crippen LogP contribution in [0, 0.1) is 0 Å². The molecule has 0 unspecified atom stereocenters. The minimum Gasteiger partial charge on any atom is -0.170 e. The number of hydrogen-bond acceptors (Lipinski definition) is 1. The van der Waals surface area contributed by atoms with Crippen LogP contribution in [0.1, 0.15) is 5.56 Å². The van der Waals surface area contributed by atoms with E-state index in [1.54, 1.807) is 24.3 Å². The molecule has 1 aromatic rings. The van der Waals surface area contributed by atoms with Crippen LogP contribution in [0.4, 0.5) is 13.2 Å². The maximum Gasteiger partial charge on any atom is 0.398 e. The highest BCUT2D eigenvalue weighted by molar-refractivity contribution is 7.99. The molecular formula is C9H8ClF3S. The smallest absolute Gasteiger partial charge is 0.170 e. The van der Waals surface area contributed by atoms with Crippen LogP contribution < -0.4 is 0 Å². The molecule has 1 aromatic carbocycles. The number of halogens is 4. The minimum absolute atomic E-state index is 0.237. The molecule has 14 heavy (non-hydrogen) atoms. The SMILES string of the molecule is FC(F)(F)CSc1ccccc1CCl. The van der Waals surface area contributed by atoms with Crippen molar-refractivity contribution in [3.63, 3.8) is 0 Å². The molecule has 0 saturated carbocycles. The minimum atomic E-state index is -4.13. The molecule has 0 heterocycles. The van der Waals surface area contributed by atoms with Crippen molar-refractivity contribution in [3.05, 3.63) is 29.8 Å². The van der Waals surface area contributed by atoms with Crippen molar-refractivity contribution < 1.29 is 13.2 Å². The predicted octanol–water partition coefficient (Wildman–Crippen LogP) is 4.08. The molecular weight excluding hydrogens is 233 g/mol. The monoisotopic (exact) mass is 240 g/mol. The maximum absolute atomic E-state index is 11.9. The standard InChI is InChI=1S/C9H8ClF3S/c10-5-7-3-1-2-4-8(7)14-6-9(11,12)13/h1-4H,5-6H2. The van der Waals surface area contributed by atoms with Gasteiger partial charge in [-0.25, -0.2) is 0 Å². The van der Waals surface area contributed by atoms with E-state index < -0.39 is 11.9 Å². The topological polar surface area (TPSA) is 0 Å². The van der Waals surface area contributed by atoms with Gasteiger partial charge in [0.25, 0.3) is 0 Å². The summed E-state index contributed by atoms with van der Waals surface area (Å²) in [6, 6.07) is 6.84. The third-order valence-electron chi connectivity index (χ3n) is 1.51. The second-order valence-electron chi connectivity index (χ2n) is 2.65. The Morgan fingerprint density at radius 3 is 2.43 bits per heavy atom.